The van der Waals surface area contributed by atoms with Gasteiger partial charge >= 0.3 is 0 Å². The fourth-order valence-corrected chi connectivity index (χ4v) is 2.39. The molecule has 0 spiro atoms. The number of ether oxygens (including phenoxy) is 2. The Kier molecular flexibility index (Phi) is 6.96. The average molecular weight is 371 g/mol. The second-order valence-corrected chi connectivity index (χ2v) is 5.59. The van der Waals surface area contributed by atoms with Crippen LogP contribution in [0.25, 0.3) is 0 Å². The zero-order valence-corrected chi connectivity index (χ0v) is 15.1. The van der Waals surface area contributed by atoms with Gasteiger partial charge in [0.25, 0.3) is 0 Å². The van der Waals surface area contributed by atoms with Crippen molar-refractivity contribution in [3.05, 3.63) is 47.0 Å². The van der Waals surface area contributed by atoms with Gasteiger partial charge in [-0.2, -0.15) is 10.5 Å². The molecule has 2 rings (SSSR count). The minimum atomic E-state index is -1.06. The molecule has 7 heteroatoms. The number of anilines is 2. The van der Waals surface area contributed by atoms with E-state index in [9.17, 15) is 8.78 Å². The molecular formula is C20H19F2N3O2. The Morgan fingerprint density at radius 3 is 2.15 bits per heavy atom. The zero-order chi connectivity index (χ0) is 19.8. The number of rotatable bonds is 8. The van der Waals surface area contributed by atoms with E-state index in [1.807, 2.05) is 13.8 Å². The molecule has 0 radical (unpaired) electrons. The molecule has 1 N–H and O–H groups in total. The van der Waals surface area contributed by atoms with Crippen LogP contribution in [0.15, 0.2) is 24.3 Å². The van der Waals surface area contributed by atoms with Gasteiger partial charge in [-0.25, -0.2) is 8.78 Å². The number of benzene rings is 2. The molecule has 2 aromatic carbocycles. The van der Waals surface area contributed by atoms with Crippen LogP contribution in [0.4, 0.5) is 20.2 Å². The van der Waals surface area contributed by atoms with Gasteiger partial charge in [-0.05, 0) is 37.6 Å². The van der Waals surface area contributed by atoms with E-state index in [1.165, 1.54) is 6.07 Å². The number of nitrogens with zero attached hydrogens (tertiary/aromatic N) is 2. The minimum Gasteiger partial charge on any atom is -0.494 e. The molecule has 0 aliphatic rings. The van der Waals surface area contributed by atoms with Crippen molar-refractivity contribution < 1.29 is 18.3 Å². The lowest BCUT2D eigenvalue weighted by Crippen LogP contribution is -2.08. The first-order valence-corrected chi connectivity index (χ1v) is 8.55. The molecule has 0 amide bonds. The van der Waals surface area contributed by atoms with Crippen LogP contribution in [0.2, 0.25) is 0 Å². The lowest BCUT2D eigenvalue weighted by atomic mass is 10.1. The lowest BCUT2D eigenvalue weighted by Gasteiger charge is -2.17. The van der Waals surface area contributed by atoms with Crippen molar-refractivity contribution in [3.63, 3.8) is 0 Å². The fraction of sp³-hybridized carbons (Fsp3) is 0.300. The molecule has 0 saturated carbocycles. The Hall–Kier alpha value is -3.32. The number of hydrogen-bond acceptors (Lipinski definition) is 5. The number of unbranched alkanes of at least 4 members (excludes halogenated alkanes) is 1. The van der Waals surface area contributed by atoms with Gasteiger partial charge in [0.15, 0.2) is 17.4 Å². The third kappa shape index (κ3) is 4.45. The van der Waals surface area contributed by atoms with Crippen LogP contribution < -0.4 is 14.8 Å². The highest BCUT2D eigenvalue weighted by Crippen LogP contribution is 2.38. The van der Waals surface area contributed by atoms with Crippen molar-refractivity contribution in [2.75, 3.05) is 18.5 Å². The number of hydrogen-bond donors (Lipinski definition) is 1. The predicted octanol–water partition coefficient (Wildman–Crippen LogP) is 5.03. The summed E-state index contributed by atoms with van der Waals surface area (Å²) in [4.78, 5) is 0. The molecule has 0 fully saturated rings. The quantitative estimate of drug-likeness (QED) is 0.659. The van der Waals surface area contributed by atoms with Gasteiger partial charge in [-0.15, -0.1) is 0 Å². The van der Waals surface area contributed by atoms with Crippen molar-refractivity contribution in [3.8, 4) is 23.6 Å². The SMILES string of the molecule is CCCCOc1c(F)c(C#N)c(C#N)c(F)c1Nc1ccc(OCC)cc1. The van der Waals surface area contributed by atoms with Gasteiger partial charge in [-0.3, -0.25) is 0 Å². The molecule has 140 valence electrons. The first-order valence-electron chi connectivity index (χ1n) is 8.55. The summed E-state index contributed by atoms with van der Waals surface area (Å²) in [5.74, 6) is -1.87. The average Bonchev–Trinajstić information content (AvgIpc) is 2.68. The van der Waals surface area contributed by atoms with E-state index in [-0.39, 0.29) is 12.3 Å². The van der Waals surface area contributed by atoms with E-state index >= 15 is 0 Å². The molecule has 0 bridgehead atoms. The van der Waals surface area contributed by atoms with E-state index in [2.05, 4.69) is 5.32 Å². The van der Waals surface area contributed by atoms with Gasteiger partial charge in [0.05, 0.1) is 13.2 Å². The summed E-state index contributed by atoms with van der Waals surface area (Å²) >= 11 is 0. The van der Waals surface area contributed by atoms with Crippen LogP contribution in [0.5, 0.6) is 11.5 Å². The van der Waals surface area contributed by atoms with Crippen molar-refractivity contribution in [2.45, 2.75) is 26.7 Å². The van der Waals surface area contributed by atoms with Crippen molar-refractivity contribution in [1.82, 2.24) is 0 Å². The molecule has 0 saturated heterocycles. The van der Waals surface area contributed by atoms with Crippen LogP contribution in [0.1, 0.15) is 37.8 Å². The topological polar surface area (TPSA) is 78.1 Å². The highest BCUT2D eigenvalue weighted by molar-refractivity contribution is 5.72. The third-order valence-corrected chi connectivity index (χ3v) is 3.74. The van der Waals surface area contributed by atoms with Crippen LogP contribution in [-0.2, 0) is 0 Å². The summed E-state index contributed by atoms with van der Waals surface area (Å²) in [6.45, 7) is 4.44. The van der Waals surface area contributed by atoms with Gasteiger partial charge in [0, 0.05) is 5.69 Å². The summed E-state index contributed by atoms with van der Waals surface area (Å²) in [5, 5.41) is 21.0. The van der Waals surface area contributed by atoms with Gasteiger partial charge in [0.1, 0.15) is 34.7 Å². The van der Waals surface area contributed by atoms with Crippen molar-refractivity contribution >= 4 is 11.4 Å². The van der Waals surface area contributed by atoms with E-state index in [4.69, 9.17) is 20.0 Å². The summed E-state index contributed by atoms with van der Waals surface area (Å²) in [6.07, 6.45) is 1.43. The van der Waals surface area contributed by atoms with E-state index < -0.39 is 28.5 Å². The molecule has 0 unspecified atom stereocenters. The number of nitriles is 2. The predicted molar refractivity (Wildman–Crippen MR) is 97.1 cm³/mol. The Bertz CT molecular complexity index is 884. The van der Waals surface area contributed by atoms with Gasteiger partial charge in [-0.1, -0.05) is 13.3 Å². The maximum absolute atomic E-state index is 14.8. The lowest BCUT2D eigenvalue weighted by molar-refractivity contribution is 0.294. The summed E-state index contributed by atoms with van der Waals surface area (Å²) in [6, 6.07) is 9.69. The number of nitrogens with one attached hydrogen (secondary N) is 1. The largest absolute Gasteiger partial charge is 0.494 e. The summed E-state index contributed by atoms with van der Waals surface area (Å²) < 4.78 is 40.3. The first kappa shape index (κ1) is 20.0. The number of halogens is 2. The Balaban J connectivity index is 2.50. The Morgan fingerprint density at radius 2 is 1.59 bits per heavy atom. The maximum Gasteiger partial charge on any atom is 0.186 e. The van der Waals surface area contributed by atoms with E-state index in [0.29, 0.717) is 24.5 Å². The minimum absolute atomic E-state index is 0.154. The van der Waals surface area contributed by atoms with E-state index in [1.54, 1.807) is 30.3 Å². The summed E-state index contributed by atoms with van der Waals surface area (Å²) in [5.41, 5.74) is -1.20. The molecule has 0 aliphatic carbocycles. The zero-order valence-electron chi connectivity index (χ0n) is 15.1. The monoisotopic (exact) mass is 371 g/mol. The second kappa shape index (κ2) is 9.40. The van der Waals surface area contributed by atoms with Gasteiger partial charge in [0.2, 0.25) is 0 Å². The molecule has 27 heavy (non-hydrogen) atoms. The first-order chi connectivity index (χ1) is 13.1. The van der Waals surface area contributed by atoms with Crippen molar-refractivity contribution in [2.24, 2.45) is 0 Å². The second-order valence-electron chi connectivity index (χ2n) is 5.59. The molecule has 2 aromatic rings. The molecule has 0 aromatic heterocycles. The van der Waals surface area contributed by atoms with Crippen LogP contribution in [0, 0.1) is 34.3 Å². The molecule has 5 nitrogen and oxygen atoms in total. The highest BCUT2D eigenvalue weighted by atomic mass is 19.1. The van der Waals surface area contributed by atoms with Crippen molar-refractivity contribution in [1.29, 1.82) is 10.5 Å². The van der Waals surface area contributed by atoms with Crippen LogP contribution in [0.3, 0.4) is 0 Å². The van der Waals surface area contributed by atoms with E-state index in [0.717, 1.165) is 6.42 Å². The van der Waals surface area contributed by atoms with Crippen LogP contribution in [-0.4, -0.2) is 13.2 Å². The smallest absolute Gasteiger partial charge is 0.186 e. The molecular weight excluding hydrogens is 352 g/mol. The molecule has 0 heterocycles. The molecule has 0 atom stereocenters. The van der Waals surface area contributed by atoms with Gasteiger partial charge < -0.3 is 14.8 Å². The summed E-state index contributed by atoms with van der Waals surface area (Å²) in [7, 11) is 0. The normalized spacial score (nSPS) is 10.0. The standard InChI is InChI=1S/C20H19F2N3O2/c1-3-5-10-27-20-18(22)16(12-24)15(11-23)17(21)19(20)25-13-6-8-14(9-7-13)26-4-2/h6-9,25H,3-5,10H2,1-2H3. The highest BCUT2D eigenvalue weighted by Gasteiger charge is 2.26. The third-order valence-electron chi connectivity index (χ3n) is 3.74. The Labute approximate surface area is 156 Å². The molecule has 0 aliphatic heterocycles. The van der Waals surface area contributed by atoms with Crippen LogP contribution >= 0.6 is 0 Å². The Morgan fingerprint density at radius 1 is 0.963 bits per heavy atom. The fourth-order valence-electron chi connectivity index (χ4n) is 2.39. The maximum atomic E-state index is 14.8.